The molecule has 2 unspecified atom stereocenters. The standard InChI is InChI=1S/C15H28N2O2/c1-12(16-11-15(2)9-6-10-19-15)14(18)17-13-7-4-3-5-8-13/h12-13,16H,3-11H2,1-2H3,(H,17,18). The molecule has 1 saturated heterocycles. The van der Waals surface area contributed by atoms with Gasteiger partial charge in [0.1, 0.15) is 0 Å². The van der Waals surface area contributed by atoms with Crippen LogP contribution in [0.3, 0.4) is 0 Å². The third-order valence-electron chi connectivity index (χ3n) is 4.43. The normalized spacial score (nSPS) is 30.2. The number of hydrogen-bond acceptors (Lipinski definition) is 3. The van der Waals surface area contributed by atoms with Crippen molar-refractivity contribution in [2.24, 2.45) is 0 Å². The van der Waals surface area contributed by atoms with E-state index in [2.05, 4.69) is 17.6 Å². The molecule has 0 aromatic heterocycles. The zero-order valence-corrected chi connectivity index (χ0v) is 12.3. The van der Waals surface area contributed by atoms with Gasteiger partial charge in [-0.05, 0) is 39.5 Å². The second kappa shape index (κ2) is 6.71. The lowest BCUT2D eigenvalue weighted by Crippen LogP contribution is -2.50. The zero-order chi connectivity index (χ0) is 13.7. The Bertz CT molecular complexity index is 295. The summed E-state index contributed by atoms with van der Waals surface area (Å²) in [6.45, 7) is 5.67. The maximum atomic E-state index is 12.1. The van der Waals surface area contributed by atoms with Crippen LogP contribution >= 0.6 is 0 Å². The van der Waals surface area contributed by atoms with Crippen molar-refractivity contribution < 1.29 is 9.53 Å². The monoisotopic (exact) mass is 268 g/mol. The van der Waals surface area contributed by atoms with E-state index in [4.69, 9.17) is 4.74 Å². The van der Waals surface area contributed by atoms with E-state index < -0.39 is 0 Å². The summed E-state index contributed by atoms with van der Waals surface area (Å²) < 4.78 is 5.73. The Morgan fingerprint density at radius 2 is 2.05 bits per heavy atom. The summed E-state index contributed by atoms with van der Waals surface area (Å²) in [6, 6.07) is 0.256. The minimum atomic E-state index is -0.136. The van der Waals surface area contributed by atoms with Crippen molar-refractivity contribution in [1.29, 1.82) is 0 Å². The fourth-order valence-electron chi connectivity index (χ4n) is 3.01. The molecule has 1 saturated carbocycles. The van der Waals surface area contributed by atoms with E-state index in [9.17, 15) is 4.79 Å². The molecule has 2 fully saturated rings. The summed E-state index contributed by atoms with van der Waals surface area (Å²) in [7, 11) is 0. The Kier molecular flexibility index (Phi) is 5.22. The number of hydrogen-bond donors (Lipinski definition) is 2. The summed E-state index contributed by atoms with van der Waals surface area (Å²) in [5.74, 6) is 0.133. The Morgan fingerprint density at radius 3 is 2.68 bits per heavy atom. The zero-order valence-electron chi connectivity index (χ0n) is 12.3. The van der Waals surface area contributed by atoms with Crippen LogP contribution in [0.1, 0.15) is 58.8 Å². The van der Waals surface area contributed by atoms with Crippen LogP contribution < -0.4 is 10.6 Å². The first-order valence-corrected chi connectivity index (χ1v) is 7.77. The number of nitrogens with one attached hydrogen (secondary N) is 2. The van der Waals surface area contributed by atoms with Crippen LogP contribution in [0.25, 0.3) is 0 Å². The van der Waals surface area contributed by atoms with Crippen molar-refractivity contribution >= 4 is 5.91 Å². The molecule has 110 valence electrons. The number of carbonyl (C=O) groups is 1. The summed E-state index contributed by atoms with van der Waals surface area (Å²) >= 11 is 0. The van der Waals surface area contributed by atoms with Gasteiger partial charge in [0, 0.05) is 19.2 Å². The number of amides is 1. The Labute approximate surface area is 116 Å². The van der Waals surface area contributed by atoms with Crippen molar-refractivity contribution in [2.75, 3.05) is 13.2 Å². The Balaban J connectivity index is 1.69. The van der Waals surface area contributed by atoms with E-state index in [0.29, 0.717) is 6.04 Å². The lowest BCUT2D eigenvalue weighted by Gasteiger charge is -2.27. The van der Waals surface area contributed by atoms with E-state index >= 15 is 0 Å². The van der Waals surface area contributed by atoms with Gasteiger partial charge in [0.15, 0.2) is 0 Å². The van der Waals surface area contributed by atoms with Gasteiger partial charge in [-0.2, -0.15) is 0 Å². The number of ether oxygens (including phenoxy) is 1. The van der Waals surface area contributed by atoms with Crippen LogP contribution in [0.2, 0.25) is 0 Å². The first kappa shape index (κ1) is 14.8. The van der Waals surface area contributed by atoms with Gasteiger partial charge in [-0.3, -0.25) is 4.79 Å². The highest BCUT2D eigenvalue weighted by Crippen LogP contribution is 2.24. The summed E-state index contributed by atoms with van der Waals surface area (Å²) in [5.41, 5.74) is -0.0839. The lowest BCUT2D eigenvalue weighted by atomic mass is 9.95. The second-order valence-corrected chi connectivity index (χ2v) is 6.35. The third kappa shape index (κ3) is 4.46. The molecule has 4 nitrogen and oxygen atoms in total. The maximum absolute atomic E-state index is 12.1. The molecule has 1 heterocycles. The molecule has 1 amide bonds. The van der Waals surface area contributed by atoms with Crippen molar-refractivity contribution in [1.82, 2.24) is 10.6 Å². The average molecular weight is 268 g/mol. The molecule has 0 bridgehead atoms. The van der Waals surface area contributed by atoms with Gasteiger partial charge in [0.25, 0.3) is 0 Å². The fourth-order valence-corrected chi connectivity index (χ4v) is 3.01. The van der Waals surface area contributed by atoms with Gasteiger partial charge in [-0.1, -0.05) is 19.3 Å². The van der Waals surface area contributed by atoms with E-state index in [1.165, 1.54) is 19.3 Å². The molecule has 4 heteroatoms. The second-order valence-electron chi connectivity index (χ2n) is 6.35. The van der Waals surface area contributed by atoms with E-state index in [-0.39, 0.29) is 17.6 Å². The number of carbonyl (C=O) groups excluding carboxylic acids is 1. The molecule has 2 atom stereocenters. The lowest BCUT2D eigenvalue weighted by molar-refractivity contribution is -0.123. The van der Waals surface area contributed by atoms with Crippen LogP contribution in [-0.4, -0.2) is 36.7 Å². The Morgan fingerprint density at radius 1 is 1.32 bits per heavy atom. The smallest absolute Gasteiger partial charge is 0.237 e. The van der Waals surface area contributed by atoms with Crippen molar-refractivity contribution in [3.63, 3.8) is 0 Å². The molecular weight excluding hydrogens is 240 g/mol. The van der Waals surface area contributed by atoms with Gasteiger partial charge in [-0.25, -0.2) is 0 Å². The van der Waals surface area contributed by atoms with E-state index in [1.54, 1.807) is 0 Å². The molecule has 0 aromatic carbocycles. The first-order chi connectivity index (χ1) is 9.09. The summed E-state index contributed by atoms with van der Waals surface area (Å²) in [5, 5.41) is 6.48. The molecule has 19 heavy (non-hydrogen) atoms. The van der Waals surface area contributed by atoms with Crippen molar-refractivity contribution in [3.8, 4) is 0 Å². The summed E-state index contributed by atoms with van der Waals surface area (Å²) in [6.07, 6.45) is 8.30. The highest BCUT2D eigenvalue weighted by Gasteiger charge is 2.30. The van der Waals surface area contributed by atoms with Gasteiger partial charge in [-0.15, -0.1) is 0 Å². The predicted molar refractivity (Wildman–Crippen MR) is 76.1 cm³/mol. The molecule has 0 radical (unpaired) electrons. The first-order valence-electron chi connectivity index (χ1n) is 7.77. The quantitative estimate of drug-likeness (QED) is 0.801. The predicted octanol–water partition coefficient (Wildman–Crippen LogP) is 1.98. The fraction of sp³-hybridized carbons (Fsp3) is 0.933. The molecule has 1 aliphatic heterocycles. The van der Waals surface area contributed by atoms with E-state index in [1.807, 2.05) is 6.92 Å². The highest BCUT2D eigenvalue weighted by molar-refractivity contribution is 5.81. The molecule has 0 aromatic rings. The minimum absolute atomic E-state index is 0.0839. The van der Waals surface area contributed by atoms with Crippen LogP contribution in [0.15, 0.2) is 0 Å². The average Bonchev–Trinajstić information content (AvgIpc) is 2.84. The SMILES string of the molecule is CC(NCC1(C)CCCO1)C(=O)NC1CCCCC1. The van der Waals surface area contributed by atoms with Crippen molar-refractivity contribution in [2.45, 2.75) is 76.5 Å². The topological polar surface area (TPSA) is 50.4 Å². The summed E-state index contributed by atoms with van der Waals surface area (Å²) in [4.78, 5) is 12.1. The molecule has 2 N–H and O–H groups in total. The number of rotatable bonds is 5. The Hall–Kier alpha value is -0.610. The van der Waals surface area contributed by atoms with Gasteiger partial charge in [0.05, 0.1) is 11.6 Å². The van der Waals surface area contributed by atoms with Crippen molar-refractivity contribution in [3.05, 3.63) is 0 Å². The van der Waals surface area contributed by atoms with Crippen LogP contribution in [0, 0.1) is 0 Å². The van der Waals surface area contributed by atoms with Gasteiger partial charge in [0.2, 0.25) is 5.91 Å². The van der Waals surface area contributed by atoms with Crippen LogP contribution in [-0.2, 0) is 9.53 Å². The van der Waals surface area contributed by atoms with Gasteiger partial charge >= 0.3 is 0 Å². The van der Waals surface area contributed by atoms with E-state index in [0.717, 1.165) is 38.8 Å². The van der Waals surface area contributed by atoms with Crippen LogP contribution in [0.5, 0.6) is 0 Å². The maximum Gasteiger partial charge on any atom is 0.237 e. The highest BCUT2D eigenvalue weighted by atomic mass is 16.5. The minimum Gasteiger partial charge on any atom is -0.374 e. The van der Waals surface area contributed by atoms with Gasteiger partial charge < -0.3 is 15.4 Å². The molecule has 2 rings (SSSR count). The molecular formula is C15H28N2O2. The largest absolute Gasteiger partial charge is 0.374 e. The molecule has 2 aliphatic rings. The molecule has 0 spiro atoms. The molecule has 1 aliphatic carbocycles. The van der Waals surface area contributed by atoms with Crippen LogP contribution in [0.4, 0.5) is 0 Å². The third-order valence-corrected chi connectivity index (χ3v) is 4.43.